The summed E-state index contributed by atoms with van der Waals surface area (Å²) >= 11 is 0. The first-order valence-corrected chi connectivity index (χ1v) is 7.13. The molecule has 0 radical (unpaired) electrons. The lowest BCUT2D eigenvalue weighted by Crippen LogP contribution is -2.26. The second-order valence-corrected chi connectivity index (χ2v) is 6.10. The third-order valence-electron chi connectivity index (χ3n) is 2.56. The van der Waals surface area contributed by atoms with E-state index in [0.29, 0.717) is 12.3 Å². The number of nitrogens with zero attached hydrogens (tertiary/aromatic N) is 5. The van der Waals surface area contributed by atoms with Gasteiger partial charge in [-0.15, -0.1) is 10.2 Å². The van der Waals surface area contributed by atoms with Crippen molar-refractivity contribution in [3.05, 3.63) is 24.2 Å². The second kappa shape index (κ2) is 5.10. The molecule has 0 spiro atoms. The first-order chi connectivity index (χ1) is 8.93. The van der Waals surface area contributed by atoms with Crippen molar-refractivity contribution in [2.45, 2.75) is 24.8 Å². The minimum absolute atomic E-state index is 0.0320. The third-order valence-corrected chi connectivity index (χ3v) is 4.31. The van der Waals surface area contributed by atoms with Crippen LogP contribution < -0.4 is 0 Å². The van der Waals surface area contributed by atoms with Gasteiger partial charge in [-0.25, -0.2) is 8.42 Å². The van der Waals surface area contributed by atoms with Crippen LogP contribution in [0, 0.1) is 0 Å². The monoisotopic (exact) mass is 285 g/mol. The molecule has 0 aromatic carbocycles. The van der Waals surface area contributed by atoms with Gasteiger partial charge < -0.3 is 4.42 Å². The fourth-order valence-corrected chi connectivity index (χ4v) is 2.59. The molecule has 0 saturated heterocycles. The SMILES string of the molecule is CCc1nnc(CN(C)S(=O)(=O)c2cnn(C)c2)o1. The van der Waals surface area contributed by atoms with Gasteiger partial charge in [0, 0.05) is 26.7 Å². The first kappa shape index (κ1) is 13.7. The van der Waals surface area contributed by atoms with Gasteiger partial charge in [0.2, 0.25) is 21.8 Å². The first-order valence-electron chi connectivity index (χ1n) is 5.69. The molecule has 0 atom stereocenters. The Hall–Kier alpha value is -1.74. The predicted molar refractivity (Wildman–Crippen MR) is 65.5 cm³/mol. The van der Waals surface area contributed by atoms with Crippen LogP contribution in [0.1, 0.15) is 18.7 Å². The van der Waals surface area contributed by atoms with Crippen LogP contribution in [0.2, 0.25) is 0 Å². The minimum atomic E-state index is -3.59. The van der Waals surface area contributed by atoms with E-state index in [2.05, 4.69) is 15.3 Å². The Morgan fingerprint density at radius 1 is 1.37 bits per heavy atom. The lowest BCUT2D eigenvalue weighted by Gasteiger charge is -2.13. The molecule has 0 unspecified atom stereocenters. The molecule has 0 aliphatic heterocycles. The Morgan fingerprint density at radius 3 is 2.58 bits per heavy atom. The Balaban J connectivity index is 2.17. The molecular formula is C10H15N5O3S. The smallest absolute Gasteiger partial charge is 0.246 e. The Kier molecular flexibility index (Phi) is 3.67. The second-order valence-electron chi connectivity index (χ2n) is 4.05. The average Bonchev–Trinajstić information content (AvgIpc) is 2.98. The van der Waals surface area contributed by atoms with Crippen LogP contribution in [-0.4, -0.2) is 39.7 Å². The summed E-state index contributed by atoms with van der Waals surface area (Å²) in [6, 6.07) is 0. The topological polar surface area (TPSA) is 94.1 Å². The maximum atomic E-state index is 12.2. The van der Waals surface area contributed by atoms with Gasteiger partial charge in [0.1, 0.15) is 4.90 Å². The van der Waals surface area contributed by atoms with Crippen LogP contribution in [0.4, 0.5) is 0 Å². The minimum Gasteiger partial charge on any atom is -0.424 e. The van der Waals surface area contributed by atoms with E-state index in [4.69, 9.17) is 4.42 Å². The van der Waals surface area contributed by atoms with Crippen molar-refractivity contribution in [2.75, 3.05) is 7.05 Å². The van der Waals surface area contributed by atoms with E-state index in [1.165, 1.54) is 24.1 Å². The molecule has 2 aromatic heterocycles. The summed E-state index contributed by atoms with van der Waals surface area (Å²) in [6.45, 7) is 1.91. The van der Waals surface area contributed by atoms with E-state index in [1.807, 2.05) is 6.92 Å². The fraction of sp³-hybridized carbons (Fsp3) is 0.500. The van der Waals surface area contributed by atoms with Crippen molar-refractivity contribution in [3.63, 3.8) is 0 Å². The van der Waals surface area contributed by atoms with Crippen LogP contribution >= 0.6 is 0 Å². The molecular weight excluding hydrogens is 270 g/mol. The summed E-state index contributed by atoms with van der Waals surface area (Å²) in [6.07, 6.45) is 3.36. The van der Waals surface area contributed by atoms with Crippen LogP contribution in [0.5, 0.6) is 0 Å². The lowest BCUT2D eigenvalue weighted by atomic mass is 10.5. The van der Waals surface area contributed by atoms with E-state index in [-0.39, 0.29) is 17.3 Å². The largest absolute Gasteiger partial charge is 0.424 e. The van der Waals surface area contributed by atoms with Gasteiger partial charge in [0.25, 0.3) is 0 Å². The molecule has 2 heterocycles. The number of hydrogen-bond acceptors (Lipinski definition) is 6. The summed E-state index contributed by atoms with van der Waals surface area (Å²) in [7, 11) is -0.478. The van der Waals surface area contributed by atoms with Crippen molar-refractivity contribution in [1.29, 1.82) is 0 Å². The molecule has 2 rings (SSSR count). The summed E-state index contributed by atoms with van der Waals surface area (Å²) in [4.78, 5) is 0.132. The maximum absolute atomic E-state index is 12.2. The molecule has 9 heteroatoms. The zero-order valence-corrected chi connectivity index (χ0v) is 11.8. The van der Waals surface area contributed by atoms with Crippen molar-refractivity contribution in [2.24, 2.45) is 7.05 Å². The average molecular weight is 285 g/mol. The molecule has 0 aliphatic carbocycles. The fourth-order valence-electron chi connectivity index (χ4n) is 1.48. The van der Waals surface area contributed by atoms with Gasteiger partial charge in [-0.3, -0.25) is 4.68 Å². The molecule has 0 N–H and O–H groups in total. The van der Waals surface area contributed by atoms with E-state index in [1.54, 1.807) is 7.05 Å². The van der Waals surface area contributed by atoms with Gasteiger partial charge in [-0.05, 0) is 0 Å². The highest BCUT2D eigenvalue weighted by Gasteiger charge is 2.24. The lowest BCUT2D eigenvalue weighted by molar-refractivity contribution is 0.381. The summed E-state index contributed by atoms with van der Waals surface area (Å²) in [5, 5.41) is 11.4. The van der Waals surface area contributed by atoms with Crippen molar-refractivity contribution >= 4 is 10.0 Å². The third kappa shape index (κ3) is 2.82. The number of hydrogen-bond donors (Lipinski definition) is 0. The molecule has 19 heavy (non-hydrogen) atoms. The number of rotatable bonds is 5. The molecule has 0 aliphatic rings. The van der Waals surface area contributed by atoms with Crippen LogP contribution in [0.15, 0.2) is 21.7 Å². The van der Waals surface area contributed by atoms with Crippen molar-refractivity contribution in [1.82, 2.24) is 24.3 Å². The molecule has 0 saturated carbocycles. The molecule has 104 valence electrons. The van der Waals surface area contributed by atoms with E-state index >= 15 is 0 Å². The maximum Gasteiger partial charge on any atom is 0.246 e. The normalized spacial score (nSPS) is 12.2. The molecule has 8 nitrogen and oxygen atoms in total. The van der Waals surface area contributed by atoms with E-state index < -0.39 is 10.0 Å². The quantitative estimate of drug-likeness (QED) is 0.778. The highest BCUT2D eigenvalue weighted by molar-refractivity contribution is 7.89. The molecule has 0 fully saturated rings. The van der Waals surface area contributed by atoms with Crippen molar-refractivity contribution < 1.29 is 12.8 Å². The number of aromatic nitrogens is 4. The predicted octanol–water partition coefficient (Wildman–Crippen LogP) is 0.186. The van der Waals surface area contributed by atoms with Crippen LogP contribution in [-0.2, 0) is 30.0 Å². The summed E-state index contributed by atoms with van der Waals surface area (Å²) in [5.41, 5.74) is 0. The van der Waals surface area contributed by atoms with Crippen molar-refractivity contribution in [3.8, 4) is 0 Å². The highest BCUT2D eigenvalue weighted by Crippen LogP contribution is 2.15. The van der Waals surface area contributed by atoms with E-state index in [0.717, 1.165) is 4.31 Å². The Labute approximate surface area is 111 Å². The zero-order chi connectivity index (χ0) is 14.0. The van der Waals surface area contributed by atoms with Gasteiger partial charge >= 0.3 is 0 Å². The van der Waals surface area contributed by atoms with Gasteiger partial charge in [0.05, 0.1) is 12.7 Å². The van der Waals surface area contributed by atoms with Crippen LogP contribution in [0.3, 0.4) is 0 Å². The highest BCUT2D eigenvalue weighted by atomic mass is 32.2. The number of aryl methyl sites for hydroxylation is 2. The molecule has 0 bridgehead atoms. The van der Waals surface area contributed by atoms with Gasteiger partial charge in [-0.1, -0.05) is 6.92 Å². The molecule has 2 aromatic rings. The number of sulfonamides is 1. The Morgan fingerprint density at radius 2 is 2.05 bits per heavy atom. The summed E-state index contributed by atoms with van der Waals surface area (Å²) < 4.78 is 32.3. The standard InChI is InChI=1S/C10H15N5O3S/c1-4-9-12-13-10(18-9)7-15(3)19(16,17)8-5-11-14(2)6-8/h5-6H,4,7H2,1-3H3. The zero-order valence-electron chi connectivity index (χ0n) is 10.9. The van der Waals surface area contributed by atoms with Crippen LogP contribution in [0.25, 0.3) is 0 Å². The Bertz CT molecular complexity index is 660. The van der Waals surface area contributed by atoms with Gasteiger partial charge in [0.15, 0.2) is 0 Å². The van der Waals surface area contributed by atoms with E-state index in [9.17, 15) is 8.42 Å². The molecule has 0 amide bonds. The summed E-state index contributed by atoms with van der Waals surface area (Å²) in [5.74, 6) is 0.758. The van der Waals surface area contributed by atoms with Gasteiger partial charge in [-0.2, -0.15) is 9.40 Å².